The first-order valence-electron chi connectivity index (χ1n) is 7.36. The van der Waals surface area contributed by atoms with Gasteiger partial charge in [-0.05, 0) is 58.6 Å². The van der Waals surface area contributed by atoms with Gasteiger partial charge in [0.05, 0.1) is 4.90 Å². The molecule has 0 bridgehead atoms. The summed E-state index contributed by atoms with van der Waals surface area (Å²) >= 11 is 0. The van der Waals surface area contributed by atoms with Crippen molar-refractivity contribution >= 4 is 10.0 Å². The van der Waals surface area contributed by atoms with Crippen LogP contribution in [0.15, 0.2) is 17.0 Å². The summed E-state index contributed by atoms with van der Waals surface area (Å²) in [5, 5.41) is 0. The van der Waals surface area contributed by atoms with Crippen LogP contribution < -0.4 is 0 Å². The first kappa shape index (κ1) is 15.5. The highest BCUT2D eigenvalue weighted by Gasteiger charge is 2.37. The van der Waals surface area contributed by atoms with Crippen LogP contribution in [0, 0.1) is 20.8 Å². The summed E-state index contributed by atoms with van der Waals surface area (Å²) in [6, 6.07) is 4.09. The Hall–Kier alpha value is -0.870. The molecule has 3 nitrogen and oxygen atoms in total. The van der Waals surface area contributed by atoms with E-state index < -0.39 is 10.0 Å². The predicted octanol–water partition coefficient (Wildman–Crippen LogP) is 3.56. The molecule has 1 fully saturated rings. The fourth-order valence-electron chi connectivity index (χ4n) is 3.55. The minimum absolute atomic E-state index is 0.0869. The third-order valence-corrected chi connectivity index (χ3v) is 6.69. The number of rotatable bonds is 2. The van der Waals surface area contributed by atoms with E-state index in [2.05, 4.69) is 0 Å². The molecular weight excluding hydrogens is 270 g/mol. The monoisotopic (exact) mass is 295 g/mol. The molecule has 1 aliphatic heterocycles. The van der Waals surface area contributed by atoms with Gasteiger partial charge in [-0.25, -0.2) is 8.42 Å². The molecule has 1 saturated heterocycles. The molecule has 0 saturated carbocycles. The highest BCUT2D eigenvalue weighted by molar-refractivity contribution is 7.89. The Bertz CT molecular complexity index is 574. The maximum absolute atomic E-state index is 13.1. The SMILES string of the molecule is Cc1cc(C)c(S(=O)(=O)N2[C@@H](C)CCC[C@@H]2C)c(C)c1. The average Bonchev–Trinajstić information content (AvgIpc) is 2.25. The van der Waals surface area contributed by atoms with Crippen molar-refractivity contribution in [3.63, 3.8) is 0 Å². The third kappa shape index (κ3) is 2.63. The molecule has 4 heteroatoms. The second kappa shape index (κ2) is 5.49. The first-order valence-corrected chi connectivity index (χ1v) is 8.80. The fourth-order valence-corrected chi connectivity index (χ4v) is 5.85. The standard InChI is InChI=1S/C16H25NO2S/c1-11-9-12(2)16(13(3)10-11)20(18,19)17-14(4)7-6-8-15(17)5/h9-10,14-15H,6-8H2,1-5H3/t14-,15-/m0/s1. The smallest absolute Gasteiger partial charge is 0.207 e. The lowest BCUT2D eigenvalue weighted by molar-refractivity contribution is 0.204. The highest BCUT2D eigenvalue weighted by Crippen LogP contribution is 2.32. The van der Waals surface area contributed by atoms with Crippen LogP contribution in [0.4, 0.5) is 0 Å². The summed E-state index contributed by atoms with van der Waals surface area (Å²) in [4.78, 5) is 0.503. The molecule has 1 heterocycles. The zero-order valence-electron chi connectivity index (χ0n) is 13.1. The van der Waals surface area contributed by atoms with E-state index in [0.29, 0.717) is 4.90 Å². The van der Waals surface area contributed by atoms with E-state index in [1.807, 2.05) is 46.8 Å². The van der Waals surface area contributed by atoms with Crippen LogP contribution >= 0.6 is 0 Å². The van der Waals surface area contributed by atoms with Gasteiger partial charge < -0.3 is 0 Å². The van der Waals surface area contributed by atoms with Crippen LogP contribution in [0.1, 0.15) is 49.8 Å². The minimum atomic E-state index is -3.41. The molecule has 1 aliphatic rings. The maximum atomic E-state index is 13.1. The molecule has 1 aromatic rings. The van der Waals surface area contributed by atoms with Gasteiger partial charge >= 0.3 is 0 Å². The molecule has 0 unspecified atom stereocenters. The van der Waals surface area contributed by atoms with Gasteiger partial charge in [0.2, 0.25) is 10.0 Å². The molecule has 0 aromatic heterocycles. The Kier molecular flexibility index (Phi) is 4.26. The largest absolute Gasteiger partial charge is 0.244 e. The number of piperidine rings is 1. The van der Waals surface area contributed by atoms with Crippen molar-refractivity contribution in [3.05, 3.63) is 28.8 Å². The maximum Gasteiger partial charge on any atom is 0.244 e. The van der Waals surface area contributed by atoms with Crippen molar-refractivity contribution in [3.8, 4) is 0 Å². The number of hydrogen-bond acceptors (Lipinski definition) is 2. The topological polar surface area (TPSA) is 37.4 Å². The lowest BCUT2D eigenvalue weighted by Crippen LogP contribution is -2.47. The number of aryl methyl sites for hydroxylation is 3. The van der Waals surface area contributed by atoms with Crippen LogP contribution in [0.2, 0.25) is 0 Å². The summed E-state index contributed by atoms with van der Waals surface area (Å²) in [5.41, 5.74) is 2.82. The lowest BCUT2D eigenvalue weighted by Gasteiger charge is -2.38. The predicted molar refractivity (Wildman–Crippen MR) is 82.5 cm³/mol. The second-order valence-electron chi connectivity index (χ2n) is 6.19. The van der Waals surface area contributed by atoms with Gasteiger partial charge in [0, 0.05) is 12.1 Å². The van der Waals surface area contributed by atoms with E-state index in [1.54, 1.807) is 4.31 Å². The van der Waals surface area contributed by atoms with Gasteiger partial charge in [-0.2, -0.15) is 4.31 Å². The Morgan fingerprint density at radius 1 is 1.00 bits per heavy atom. The number of nitrogens with zero attached hydrogens (tertiary/aromatic N) is 1. The summed E-state index contributed by atoms with van der Waals surface area (Å²) in [6.45, 7) is 9.83. The van der Waals surface area contributed by atoms with Gasteiger partial charge in [0.25, 0.3) is 0 Å². The third-order valence-electron chi connectivity index (χ3n) is 4.25. The quantitative estimate of drug-likeness (QED) is 0.836. The van der Waals surface area contributed by atoms with Gasteiger partial charge in [0.15, 0.2) is 0 Å². The molecule has 0 aliphatic carbocycles. The summed E-state index contributed by atoms with van der Waals surface area (Å²) in [7, 11) is -3.41. The molecule has 2 rings (SSSR count). The zero-order chi connectivity index (χ0) is 15.1. The number of sulfonamides is 1. The van der Waals surface area contributed by atoms with Crippen LogP contribution in [0.3, 0.4) is 0 Å². The zero-order valence-corrected chi connectivity index (χ0v) is 13.9. The van der Waals surface area contributed by atoms with Crippen LogP contribution in [0.25, 0.3) is 0 Å². The number of hydrogen-bond donors (Lipinski definition) is 0. The molecule has 0 N–H and O–H groups in total. The molecule has 0 spiro atoms. The van der Waals surface area contributed by atoms with Crippen LogP contribution in [-0.2, 0) is 10.0 Å². The van der Waals surface area contributed by atoms with Crippen LogP contribution in [0.5, 0.6) is 0 Å². The molecule has 0 radical (unpaired) electrons. The number of benzene rings is 1. The molecule has 112 valence electrons. The second-order valence-corrected chi connectivity index (χ2v) is 7.97. The van der Waals surface area contributed by atoms with Crippen molar-refractivity contribution in [1.29, 1.82) is 0 Å². The van der Waals surface area contributed by atoms with Crippen LogP contribution in [-0.4, -0.2) is 24.8 Å². The fraction of sp³-hybridized carbons (Fsp3) is 0.625. The Morgan fingerprint density at radius 3 is 1.90 bits per heavy atom. The molecule has 1 aromatic carbocycles. The van der Waals surface area contributed by atoms with Crippen molar-refractivity contribution in [2.45, 2.75) is 70.9 Å². The Morgan fingerprint density at radius 2 is 1.45 bits per heavy atom. The average molecular weight is 295 g/mol. The molecule has 2 atom stereocenters. The molecule has 0 amide bonds. The molecular formula is C16H25NO2S. The van der Waals surface area contributed by atoms with Gasteiger partial charge in [0.1, 0.15) is 0 Å². The van der Waals surface area contributed by atoms with E-state index in [0.717, 1.165) is 36.0 Å². The first-order chi connectivity index (χ1) is 9.25. The van der Waals surface area contributed by atoms with Gasteiger partial charge in [-0.15, -0.1) is 0 Å². The van der Waals surface area contributed by atoms with Gasteiger partial charge in [-0.3, -0.25) is 0 Å². The molecule has 20 heavy (non-hydrogen) atoms. The van der Waals surface area contributed by atoms with E-state index >= 15 is 0 Å². The Balaban J connectivity index is 2.55. The minimum Gasteiger partial charge on any atom is -0.207 e. The van der Waals surface area contributed by atoms with Crippen molar-refractivity contribution in [2.75, 3.05) is 0 Å². The lowest BCUT2D eigenvalue weighted by atomic mass is 10.0. The van der Waals surface area contributed by atoms with Crippen molar-refractivity contribution < 1.29 is 8.42 Å². The van der Waals surface area contributed by atoms with Crippen molar-refractivity contribution in [1.82, 2.24) is 4.31 Å². The van der Waals surface area contributed by atoms with Crippen molar-refractivity contribution in [2.24, 2.45) is 0 Å². The summed E-state index contributed by atoms with van der Waals surface area (Å²) in [6.07, 6.45) is 3.02. The van der Waals surface area contributed by atoms with Gasteiger partial charge in [-0.1, -0.05) is 24.1 Å². The van der Waals surface area contributed by atoms with E-state index in [1.165, 1.54) is 0 Å². The summed E-state index contributed by atoms with van der Waals surface area (Å²) in [5.74, 6) is 0. The highest BCUT2D eigenvalue weighted by atomic mass is 32.2. The van der Waals surface area contributed by atoms with E-state index in [-0.39, 0.29) is 12.1 Å². The summed E-state index contributed by atoms with van der Waals surface area (Å²) < 4.78 is 27.9. The Labute approximate surface area is 123 Å². The normalized spacial score (nSPS) is 24.9. The van der Waals surface area contributed by atoms with E-state index in [4.69, 9.17) is 0 Å². The van der Waals surface area contributed by atoms with E-state index in [9.17, 15) is 8.42 Å².